The molecule has 0 amide bonds. The maximum Gasteiger partial charge on any atom is 0.338 e. The average Bonchev–Trinajstić information content (AvgIpc) is 3.19. The van der Waals surface area contributed by atoms with Crippen LogP contribution in [0.4, 0.5) is 0 Å². The summed E-state index contributed by atoms with van der Waals surface area (Å²) < 4.78 is 22.4. The number of rotatable bonds is 27. The van der Waals surface area contributed by atoms with Gasteiger partial charge in [-0.2, -0.15) is 0 Å². The van der Waals surface area contributed by atoms with Crippen molar-refractivity contribution in [3.8, 4) is 22.3 Å². The molecule has 1 unspecified atom stereocenters. The Morgan fingerprint density at radius 2 is 0.833 bits per heavy atom. The second kappa shape index (κ2) is 25.1. The van der Waals surface area contributed by atoms with Crippen molar-refractivity contribution >= 4 is 17.9 Å². The number of aliphatic hydroxyl groups excluding tert-OH is 1. The number of hydrogen-bond acceptors (Lipinski definition) is 8. The molecule has 0 saturated heterocycles. The van der Waals surface area contributed by atoms with Crippen molar-refractivity contribution in [1.82, 2.24) is 0 Å². The van der Waals surface area contributed by atoms with Gasteiger partial charge in [0.15, 0.2) is 6.29 Å². The van der Waals surface area contributed by atoms with E-state index in [1.54, 1.807) is 30.3 Å². The Labute approximate surface area is 321 Å². The summed E-state index contributed by atoms with van der Waals surface area (Å²) in [4.78, 5) is 39.4. The van der Waals surface area contributed by atoms with Crippen molar-refractivity contribution in [2.24, 2.45) is 0 Å². The van der Waals surface area contributed by atoms with E-state index in [0.29, 0.717) is 48.1 Å². The topological polar surface area (TPSA) is 108 Å². The Morgan fingerprint density at radius 1 is 0.481 bits per heavy atom. The molecule has 3 rings (SSSR count). The lowest BCUT2D eigenvalue weighted by Gasteiger charge is -2.16. The molecule has 8 nitrogen and oxygen atoms in total. The molecule has 288 valence electrons. The van der Waals surface area contributed by atoms with E-state index in [1.807, 2.05) is 48.6 Å². The van der Waals surface area contributed by atoms with Crippen molar-refractivity contribution < 1.29 is 38.4 Å². The minimum Gasteiger partial charge on any atom is -0.462 e. The highest BCUT2D eigenvalue weighted by atomic mass is 16.6. The Bertz CT molecular complexity index is 1620. The van der Waals surface area contributed by atoms with Crippen LogP contribution in [0, 0.1) is 0 Å². The Morgan fingerprint density at radius 3 is 1.22 bits per heavy atom. The standard InChI is InChI=1S/C46H56O8/c1-5-9-13-17-25-51-43(47)39-29-37(30-40(33-39)44(48)52-26-18-14-10-6-2)35-21-23-36(24-22-35)38-31-41(45(49)53-27-19-15-11-7-3)34-42(32-38)46(50)54-28-20-16-12-8-4/h5-8,21-24,29-34,43,47H,1-4,9-20,25-28H2. The first-order chi connectivity index (χ1) is 26.3. The van der Waals surface area contributed by atoms with Crippen molar-refractivity contribution in [2.45, 2.75) is 83.3 Å². The van der Waals surface area contributed by atoms with E-state index in [2.05, 4.69) is 26.3 Å². The Balaban J connectivity index is 1.91. The molecule has 3 aromatic rings. The lowest BCUT2D eigenvalue weighted by atomic mass is 9.95. The van der Waals surface area contributed by atoms with Gasteiger partial charge in [0.05, 0.1) is 43.1 Å². The van der Waals surface area contributed by atoms with Gasteiger partial charge in [0.1, 0.15) is 0 Å². The number of unbranched alkanes of at least 4 members (excludes halogenated alkanes) is 8. The lowest BCUT2D eigenvalue weighted by Crippen LogP contribution is -2.11. The SMILES string of the molecule is C=CCCCCOC(=O)c1cc(C(=O)OCCCCC=C)cc(-c2ccc(-c3cc(C(=O)OCCCCC=C)cc(C(O)OCCCCC=C)c3)cc2)c1. The molecule has 1 atom stereocenters. The van der Waals surface area contributed by atoms with Crippen molar-refractivity contribution in [3.05, 3.63) is 134 Å². The maximum atomic E-state index is 13.1. The van der Waals surface area contributed by atoms with Crippen LogP contribution in [0.3, 0.4) is 0 Å². The Kier molecular flexibility index (Phi) is 20.1. The van der Waals surface area contributed by atoms with Gasteiger partial charge in [0.2, 0.25) is 0 Å². The van der Waals surface area contributed by atoms with E-state index in [0.717, 1.165) is 68.9 Å². The van der Waals surface area contributed by atoms with Gasteiger partial charge in [-0.3, -0.25) is 0 Å². The number of esters is 3. The number of benzene rings is 3. The molecule has 0 spiro atoms. The Hall–Kier alpha value is -5.05. The largest absolute Gasteiger partial charge is 0.462 e. The molecule has 0 radical (unpaired) electrons. The highest BCUT2D eigenvalue weighted by Crippen LogP contribution is 2.30. The van der Waals surface area contributed by atoms with E-state index in [-0.39, 0.29) is 30.9 Å². The summed E-state index contributed by atoms with van der Waals surface area (Å²) in [5, 5.41) is 11.0. The van der Waals surface area contributed by atoms with Gasteiger partial charge in [0, 0.05) is 5.56 Å². The third kappa shape index (κ3) is 15.1. The number of ether oxygens (including phenoxy) is 4. The summed E-state index contributed by atoms with van der Waals surface area (Å²) >= 11 is 0. The summed E-state index contributed by atoms with van der Waals surface area (Å²) in [7, 11) is 0. The molecule has 1 N–H and O–H groups in total. The minimum absolute atomic E-state index is 0.248. The second-order valence-corrected chi connectivity index (χ2v) is 13.0. The molecule has 0 aliphatic rings. The third-order valence-corrected chi connectivity index (χ3v) is 8.62. The molecule has 0 saturated carbocycles. The van der Waals surface area contributed by atoms with Crippen molar-refractivity contribution in [2.75, 3.05) is 26.4 Å². The number of hydrogen-bond donors (Lipinski definition) is 1. The first-order valence-electron chi connectivity index (χ1n) is 19.0. The molecule has 0 heterocycles. The summed E-state index contributed by atoms with van der Waals surface area (Å²) in [6.45, 7) is 16.1. The summed E-state index contributed by atoms with van der Waals surface area (Å²) in [6, 6.07) is 17.5. The van der Waals surface area contributed by atoms with Crippen LogP contribution in [0.2, 0.25) is 0 Å². The van der Waals surface area contributed by atoms with Crippen LogP contribution in [-0.2, 0) is 18.9 Å². The van der Waals surface area contributed by atoms with Gasteiger partial charge in [-0.1, -0.05) is 48.6 Å². The quantitative estimate of drug-likeness (QED) is 0.0271. The van der Waals surface area contributed by atoms with Gasteiger partial charge in [-0.05, 0) is 136 Å². The van der Waals surface area contributed by atoms with Crippen LogP contribution in [-0.4, -0.2) is 49.4 Å². The fourth-order valence-corrected chi connectivity index (χ4v) is 5.56. The first-order valence-corrected chi connectivity index (χ1v) is 19.0. The van der Waals surface area contributed by atoms with E-state index in [9.17, 15) is 19.5 Å². The highest BCUT2D eigenvalue weighted by molar-refractivity contribution is 5.97. The van der Waals surface area contributed by atoms with Crippen LogP contribution in [0.15, 0.2) is 111 Å². The van der Waals surface area contributed by atoms with E-state index < -0.39 is 24.2 Å². The highest BCUT2D eigenvalue weighted by Gasteiger charge is 2.18. The summed E-state index contributed by atoms with van der Waals surface area (Å²) in [6.07, 6.45) is 15.8. The molecule has 0 aliphatic carbocycles. The third-order valence-electron chi connectivity index (χ3n) is 8.62. The lowest BCUT2D eigenvalue weighted by molar-refractivity contribution is -0.103. The average molecular weight is 737 g/mol. The van der Waals surface area contributed by atoms with Gasteiger partial charge in [0.25, 0.3) is 0 Å². The van der Waals surface area contributed by atoms with E-state index in [4.69, 9.17) is 18.9 Å². The summed E-state index contributed by atoms with van der Waals surface area (Å²) in [5.41, 5.74) is 4.06. The molecule has 8 heteroatoms. The molecule has 0 aliphatic heterocycles. The van der Waals surface area contributed by atoms with Crippen LogP contribution in [0.25, 0.3) is 22.3 Å². The maximum absolute atomic E-state index is 13.1. The van der Waals surface area contributed by atoms with Crippen molar-refractivity contribution in [3.63, 3.8) is 0 Å². The summed E-state index contributed by atoms with van der Waals surface area (Å²) in [5.74, 6) is -1.54. The molecule has 3 aromatic carbocycles. The van der Waals surface area contributed by atoms with Gasteiger partial charge in [-0.25, -0.2) is 14.4 Å². The van der Waals surface area contributed by atoms with E-state index >= 15 is 0 Å². The zero-order valence-electron chi connectivity index (χ0n) is 31.6. The second-order valence-electron chi connectivity index (χ2n) is 13.0. The number of allylic oxidation sites excluding steroid dienone is 4. The molecule has 0 fully saturated rings. The molecular formula is C46H56O8. The fourth-order valence-electron chi connectivity index (χ4n) is 5.56. The van der Waals surface area contributed by atoms with Gasteiger partial charge in [-0.15, -0.1) is 26.3 Å². The molecule has 0 bridgehead atoms. The first kappa shape index (κ1) is 43.4. The van der Waals surface area contributed by atoms with Gasteiger partial charge < -0.3 is 24.1 Å². The van der Waals surface area contributed by atoms with Crippen LogP contribution in [0.1, 0.15) is 120 Å². The predicted octanol–water partition coefficient (Wildman–Crippen LogP) is 10.9. The van der Waals surface area contributed by atoms with Crippen molar-refractivity contribution in [1.29, 1.82) is 0 Å². The molecule has 54 heavy (non-hydrogen) atoms. The fraction of sp³-hybridized carbons (Fsp3) is 0.370. The molecular weight excluding hydrogens is 680 g/mol. The van der Waals surface area contributed by atoms with Crippen LogP contribution < -0.4 is 0 Å². The zero-order valence-corrected chi connectivity index (χ0v) is 31.6. The number of carbonyl (C=O) groups is 3. The number of aliphatic hydroxyl groups is 1. The van der Waals surface area contributed by atoms with Crippen LogP contribution in [0.5, 0.6) is 0 Å². The monoisotopic (exact) mass is 736 g/mol. The zero-order chi connectivity index (χ0) is 39.0. The van der Waals surface area contributed by atoms with E-state index in [1.165, 1.54) is 6.07 Å². The van der Waals surface area contributed by atoms with Gasteiger partial charge >= 0.3 is 17.9 Å². The smallest absolute Gasteiger partial charge is 0.338 e. The number of carbonyl (C=O) groups excluding carboxylic acids is 3. The normalized spacial score (nSPS) is 11.3. The predicted molar refractivity (Wildman–Crippen MR) is 215 cm³/mol. The molecule has 0 aromatic heterocycles. The van der Waals surface area contributed by atoms with Crippen LogP contribution >= 0.6 is 0 Å². The minimum atomic E-state index is -1.24.